The van der Waals surface area contributed by atoms with E-state index in [1.165, 1.54) is 110 Å². The molecule has 12 aromatic carbocycles. The second-order valence-corrected chi connectivity index (χ2v) is 17.9. The molecule has 1 heteroatoms. The molecule has 14 rings (SSSR count). The summed E-state index contributed by atoms with van der Waals surface area (Å²) < 4.78 is 0. The normalized spacial score (nSPS) is 13.0. The molecule has 2 aliphatic rings. The number of rotatable bonds is 5. The zero-order valence-electron chi connectivity index (χ0n) is 36.1. The van der Waals surface area contributed by atoms with Crippen LogP contribution >= 0.6 is 0 Å². The van der Waals surface area contributed by atoms with Crippen LogP contribution in [0.2, 0.25) is 0 Å². The molecule has 0 amide bonds. The van der Waals surface area contributed by atoms with Crippen molar-refractivity contribution in [2.45, 2.75) is 5.41 Å². The van der Waals surface area contributed by atoms with Gasteiger partial charge in [0.1, 0.15) is 0 Å². The van der Waals surface area contributed by atoms with E-state index in [2.05, 4.69) is 254 Å². The first-order valence-corrected chi connectivity index (χ1v) is 23.0. The second-order valence-electron chi connectivity index (χ2n) is 17.9. The van der Waals surface area contributed by atoms with E-state index in [1.807, 2.05) is 0 Å². The van der Waals surface area contributed by atoms with Gasteiger partial charge in [-0.25, -0.2) is 0 Å². The quantitative estimate of drug-likeness (QED) is 0.156. The molecule has 0 atom stereocenters. The van der Waals surface area contributed by atoms with Gasteiger partial charge in [-0.05, 0) is 141 Å². The fraction of sp³-hybridized carbons (Fsp3) is 0.0154. The first kappa shape index (κ1) is 36.9. The Bertz CT molecular complexity index is 3870. The third-order valence-electron chi connectivity index (χ3n) is 14.6. The predicted octanol–water partition coefficient (Wildman–Crippen LogP) is 17.4. The molecule has 0 N–H and O–H groups in total. The summed E-state index contributed by atoms with van der Waals surface area (Å²) >= 11 is 0. The SMILES string of the molecule is c1ccc(-c2cccc(N(c3ccc4c5ccccc5c5ccccc5c4c3)c3cc4c(cc3-c3cccc5ccccc35)-c3ccccc3C43c4ccccc4-c4ccccc43)c2)cc1. The Hall–Kier alpha value is -8.52. The van der Waals surface area contributed by atoms with Crippen LogP contribution in [0.1, 0.15) is 22.3 Å². The van der Waals surface area contributed by atoms with E-state index < -0.39 is 5.41 Å². The van der Waals surface area contributed by atoms with Crippen molar-refractivity contribution in [3.63, 3.8) is 0 Å². The van der Waals surface area contributed by atoms with Gasteiger partial charge in [-0.1, -0.05) is 212 Å². The van der Waals surface area contributed by atoms with Crippen molar-refractivity contribution in [2.24, 2.45) is 0 Å². The van der Waals surface area contributed by atoms with Crippen molar-refractivity contribution in [3.8, 4) is 44.5 Å². The van der Waals surface area contributed by atoms with Crippen LogP contribution in [0.3, 0.4) is 0 Å². The molecule has 66 heavy (non-hydrogen) atoms. The minimum Gasteiger partial charge on any atom is -0.310 e. The Morgan fingerprint density at radius 2 is 0.712 bits per heavy atom. The Morgan fingerprint density at radius 3 is 1.38 bits per heavy atom. The van der Waals surface area contributed by atoms with Gasteiger partial charge in [0, 0.05) is 16.9 Å². The van der Waals surface area contributed by atoms with Crippen molar-refractivity contribution in [3.05, 3.63) is 271 Å². The molecule has 0 unspecified atom stereocenters. The van der Waals surface area contributed by atoms with E-state index >= 15 is 0 Å². The predicted molar refractivity (Wildman–Crippen MR) is 278 cm³/mol. The molecule has 2 aliphatic carbocycles. The lowest BCUT2D eigenvalue weighted by molar-refractivity contribution is 0.794. The topological polar surface area (TPSA) is 3.24 Å². The lowest BCUT2D eigenvalue weighted by Gasteiger charge is -2.33. The van der Waals surface area contributed by atoms with E-state index in [9.17, 15) is 0 Å². The number of hydrogen-bond acceptors (Lipinski definition) is 1. The Labute approximate surface area is 384 Å². The van der Waals surface area contributed by atoms with Crippen LogP contribution < -0.4 is 4.90 Å². The Morgan fingerprint density at radius 1 is 0.242 bits per heavy atom. The van der Waals surface area contributed by atoms with Crippen LogP contribution in [-0.4, -0.2) is 0 Å². The first-order chi connectivity index (χ1) is 32.8. The van der Waals surface area contributed by atoms with Crippen molar-refractivity contribution in [1.82, 2.24) is 0 Å². The van der Waals surface area contributed by atoms with Crippen LogP contribution in [0.5, 0.6) is 0 Å². The molecule has 1 spiro atoms. The summed E-state index contributed by atoms with van der Waals surface area (Å²) in [5, 5.41) is 10.0. The van der Waals surface area contributed by atoms with Crippen molar-refractivity contribution < 1.29 is 0 Å². The monoisotopic (exact) mass is 835 g/mol. The lowest BCUT2D eigenvalue weighted by atomic mass is 9.70. The average Bonchev–Trinajstić information content (AvgIpc) is 3.85. The number of nitrogens with zero attached hydrogens (tertiary/aromatic N) is 1. The molecule has 0 aromatic heterocycles. The van der Waals surface area contributed by atoms with Crippen molar-refractivity contribution >= 4 is 60.2 Å². The lowest BCUT2D eigenvalue weighted by Crippen LogP contribution is -2.26. The summed E-state index contributed by atoms with van der Waals surface area (Å²) in [5.41, 5.74) is 18.0. The number of anilines is 3. The van der Waals surface area contributed by atoms with Crippen molar-refractivity contribution in [1.29, 1.82) is 0 Å². The third-order valence-corrected chi connectivity index (χ3v) is 14.6. The number of benzene rings is 12. The maximum Gasteiger partial charge on any atom is 0.0726 e. The summed E-state index contributed by atoms with van der Waals surface area (Å²) in [6.07, 6.45) is 0. The summed E-state index contributed by atoms with van der Waals surface area (Å²) in [5.74, 6) is 0. The van der Waals surface area contributed by atoms with Gasteiger partial charge in [0.15, 0.2) is 0 Å². The molecular weight excluding hydrogens is 795 g/mol. The highest BCUT2D eigenvalue weighted by Gasteiger charge is 2.52. The van der Waals surface area contributed by atoms with E-state index in [-0.39, 0.29) is 0 Å². The molecule has 0 saturated carbocycles. The van der Waals surface area contributed by atoms with Gasteiger partial charge < -0.3 is 4.90 Å². The Balaban J connectivity index is 1.14. The Kier molecular flexibility index (Phi) is 7.97. The summed E-state index contributed by atoms with van der Waals surface area (Å²) in [6, 6.07) is 93.0. The highest BCUT2D eigenvalue weighted by Crippen LogP contribution is 2.64. The van der Waals surface area contributed by atoms with Gasteiger partial charge in [0.2, 0.25) is 0 Å². The van der Waals surface area contributed by atoms with Gasteiger partial charge >= 0.3 is 0 Å². The van der Waals surface area contributed by atoms with Crippen LogP contribution in [0, 0.1) is 0 Å². The standard InChI is InChI=1S/C65H41N/c1-2-18-42(19-3-1)44-22-16-23-45(38-44)66(46-36-37-53-51-27-7-6-25-49(51)50-26-8-9-28-52(50)57(53)39-46)64-41-63-58(40-59(64)48-32-17-21-43-20-4-5-24-47(43)48)56-31-12-15-35-62(56)65(63)60-33-13-10-29-54(60)55-30-11-14-34-61(55)65/h1-41H. The highest BCUT2D eigenvalue weighted by molar-refractivity contribution is 6.26. The van der Waals surface area contributed by atoms with E-state index in [1.54, 1.807) is 0 Å². The molecule has 306 valence electrons. The highest BCUT2D eigenvalue weighted by atomic mass is 15.1. The molecule has 0 aliphatic heterocycles. The maximum absolute atomic E-state index is 2.57. The largest absolute Gasteiger partial charge is 0.310 e. The van der Waals surface area contributed by atoms with Gasteiger partial charge in [0.25, 0.3) is 0 Å². The molecule has 0 saturated heterocycles. The first-order valence-electron chi connectivity index (χ1n) is 23.0. The maximum atomic E-state index is 2.57. The average molecular weight is 836 g/mol. The van der Waals surface area contributed by atoms with Crippen LogP contribution in [0.15, 0.2) is 249 Å². The molecule has 1 nitrogen and oxygen atoms in total. The minimum absolute atomic E-state index is 0.513. The molecule has 0 radical (unpaired) electrons. The van der Waals surface area contributed by atoms with Gasteiger partial charge in [-0.3, -0.25) is 0 Å². The molecule has 0 heterocycles. The van der Waals surface area contributed by atoms with Gasteiger partial charge in [0.05, 0.1) is 11.1 Å². The molecule has 0 fully saturated rings. The van der Waals surface area contributed by atoms with Crippen LogP contribution in [0.25, 0.3) is 87.6 Å². The number of fused-ring (bicyclic) bond motifs is 17. The van der Waals surface area contributed by atoms with Crippen molar-refractivity contribution in [2.75, 3.05) is 4.90 Å². The molecular formula is C65H41N. The minimum atomic E-state index is -0.513. The fourth-order valence-electron chi connectivity index (χ4n) is 11.9. The van der Waals surface area contributed by atoms with E-state index in [4.69, 9.17) is 0 Å². The van der Waals surface area contributed by atoms with Crippen LogP contribution in [-0.2, 0) is 5.41 Å². The zero-order valence-corrected chi connectivity index (χ0v) is 36.1. The molecule has 0 bridgehead atoms. The fourth-order valence-corrected chi connectivity index (χ4v) is 11.9. The van der Waals surface area contributed by atoms with E-state index in [0.717, 1.165) is 17.1 Å². The van der Waals surface area contributed by atoms with Crippen LogP contribution in [0.4, 0.5) is 17.1 Å². The smallest absolute Gasteiger partial charge is 0.0726 e. The summed E-state index contributed by atoms with van der Waals surface area (Å²) in [6.45, 7) is 0. The van der Waals surface area contributed by atoms with Gasteiger partial charge in [-0.15, -0.1) is 0 Å². The summed E-state index contributed by atoms with van der Waals surface area (Å²) in [4.78, 5) is 2.55. The zero-order chi connectivity index (χ0) is 43.3. The third kappa shape index (κ3) is 5.17. The molecule has 12 aromatic rings. The second kappa shape index (κ2) is 14.2. The summed E-state index contributed by atoms with van der Waals surface area (Å²) in [7, 11) is 0. The van der Waals surface area contributed by atoms with Gasteiger partial charge in [-0.2, -0.15) is 0 Å². The number of hydrogen-bond donors (Lipinski definition) is 0. The van der Waals surface area contributed by atoms with E-state index in [0.29, 0.717) is 0 Å².